The number of fused-ring (bicyclic) bond motifs is 1. The van der Waals surface area contributed by atoms with Crippen LogP contribution < -0.4 is 15.4 Å². The maximum absolute atomic E-state index is 11.8. The molecule has 18 heavy (non-hydrogen) atoms. The summed E-state index contributed by atoms with van der Waals surface area (Å²) in [5.74, 6) is 0.489. The second kappa shape index (κ2) is 5.07. The smallest absolute Gasteiger partial charge is 0.246 e. The molecule has 0 bridgehead atoms. The minimum atomic E-state index is -0.387. The topological polar surface area (TPSA) is 74.2 Å². The third-order valence-electron chi connectivity index (χ3n) is 2.94. The van der Waals surface area contributed by atoms with E-state index in [0.717, 1.165) is 11.3 Å². The highest BCUT2D eigenvalue weighted by atomic mass is 16.5. The number of amides is 1. The third kappa shape index (κ3) is 2.29. The van der Waals surface area contributed by atoms with E-state index >= 15 is 0 Å². The molecule has 1 aliphatic rings. The van der Waals surface area contributed by atoms with Gasteiger partial charge in [-0.1, -0.05) is 6.07 Å². The van der Waals surface area contributed by atoms with Crippen LogP contribution in [0, 0.1) is 17.2 Å². The average molecular weight is 245 g/mol. The van der Waals surface area contributed by atoms with Gasteiger partial charge < -0.3 is 15.4 Å². The molecule has 1 amide bonds. The molecule has 0 radical (unpaired) electrons. The van der Waals surface area contributed by atoms with Crippen molar-refractivity contribution < 1.29 is 9.53 Å². The minimum Gasteiger partial charge on any atom is -0.497 e. The Morgan fingerprint density at radius 2 is 2.39 bits per heavy atom. The van der Waals surface area contributed by atoms with E-state index in [-0.39, 0.29) is 17.9 Å². The van der Waals surface area contributed by atoms with Crippen molar-refractivity contribution in [1.29, 1.82) is 5.26 Å². The number of nitriles is 1. The zero-order chi connectivity index (χ0) is 13.1. The summed E-state index contributed by atoms with van der Waals surface area (Å²) in [6.07, 6.45) is 0. The predicted octanol–water partition coefficient (Wildman–Crippen LogP) is 1.44. The maximum Gasteiger partial charge on any atom is 0.246 e. The quantitative estimate of drug-likeness (QED) is 0.841. The van der Waals surface area contributed by atoms with Crippen LogP contribution in [0.3, 0.4) is 0 Å². The molecule has 1 aromatic rings. The van der Waals surface area contributed by atoms with Gasteiger partial charge in [-0.3, -0.25) is 4.79 Å². The number of ether oxygens (including phenoxy) is 1. The summed E-state index contributed by atoms with van der Waals surface area (Å²) in [5.41, 5.74) is 1.66. The molecular formula is C13H15N3O2. The summed E-state index contributed by atoms with van der Waals surface area (Å²) in [7, 11) is 1.59. The van der Waals surface area contributed by atoms with Crippen LogP contribution in [-0.2, 0) is 4.79 Å². The maximum atomic E-state index is 11.8. The molecule has 1 heterocycles. The number of hydrogen-bond acceptors (Lipinski definition) is 4. The fraction of sp³-hybridized carbons (Fsp3) is 0.385. The second-order valence-electron chi connectivity index (χ2n) is 4.31. The molecule has 5 heteroatoms. The van der Waals surface area contributed by atoms with Crippen LogP contribution in [0.1, 0.15) is 18.5 Å². The molecule has 2 atom stereocenters. The number of benzene rings is 1. The Morgan fingerprint density at radius 3 is 3.06 bits per heavy atom. The molecular weight excluding hydrogens is 230 g/mol. The zero-order valence-corrected chi connectivity index (χ0v) is 10.4. The highest BCUT2D eigenvalue weighted by Crippen LogP contribution is 2.33. The Kier molecular flexibility index (Phi) is 3.49. The molecule has 2 rings (SSSR count). The fourth-order valence-electron chi connectivity index (χ4n) is 1.91. The van der Waals surface area contributed by atoms with Crippen LogP contribution in [0.5, 0.6) is 5.75 Å². The number of nitrogens with one attached hydrogen (secondary N) is 2. The molecule has 94 valence electrons. The van der Waals surface area contributed by atoms with Crippen LogP contribution in [-0.4, -0.2) is 19.6 Å². The Balaban J connectivity index is 2.16. The summed E-state index contributed by atoms with van der Waals surface area (Å²) in [6.45, 7) is 2.30. The molecule has 0 aliphatic carbocycles. The summed E-state index contributed by atoms with van der Waals surface area (Å²) < 4.78 is 5.11. The predicted molar refractivity (Wildman–Crippen MR) is 67.1 cm³/mol. The van der Waals surface area contributed by atoms with Crippen molar-refractivity contribution in [2.24, 2.45) is 5.92 Å². The van der Waals surface area contributed by atoms with Crippen LogP contribution in [0.15, 0.2) is 18.2 Å². The van der Waals surface area contributed by atoms with E-state index in [1.54, 1.807) is 13.2 Å². The van der Waals surface area contributed by atoms with Crippen molar-refractivity contribution in [2.75, 3.05) is 19.0 Å². The number of rotatable bonds is 4. The standard InChI is InChI=1S/C13H15N3O2/c1-8(6-14)7-15-12-10-4-3-9(18-2)5-11(10)16-13(12)17/h3-5,8,12,15H,7H2,1-2H3,(H,16,17). The van der Waals surface area contributed by atoms with E-state index in [0.29, 0.717) is 12.3 Å². The molecule has 0 fully saturated rings. The summed E-state index contributed by atoms with van der Waals surface area (Å²) in [6, 6.07) is 7.22. The first-order chi connectivity index (χ1) is 8.65. The number of carbonyl (C=O) groups is 1. The van der Waals surface area contributed by atoms with Crippen molar-refractivity contribution in [3.8, 4) is 11.8 Å². The van der Waals surface area contributed by atoms with Gasteiger partial charge in [0, 0.05) is 23.9 Å². The van der Waals surface area contributed by atoms with Gasteiger partial charge in [-0.25, -0.2) is 0 Å². The molecule has 1 aliphatic heterocycles. The minimum absolute atomic E-state index is 0.0941. The Bertz CT molecular complexity index is 507. The van der Waals surface area contributed by atoms with Gasteiger partial charge in [-0.2, -0.15) is 5.26 Å². The molecule has 0 aromatic heterocycles. The lowest BCUT2D eigenvalue weighted by Gasteiger charge is -2.12. The summed E-state index contributed by atoms with van der Waals surface area (Å²) in [5, 5.41) is 14.6. The molecule has 0 saturated heterocycles. The van der Waals surface area contributed by atoms with Gasteiger partial charge in [0.1, 0.15) is 11.8 Å². The van der Waals surface area contributed by atoms with Crippen molar-refractivity contribution in [3.63, 3.8) is 0 Å². The van der Waals surface area contributed by atoms with Crippen LogP contribution in [0.2, 0.25) is 0 Å². The average Bonchev–Trinajstić information content (AvgIpc) is 2.70. The molecule has 0 spiro atoms. The number of anilines is 1. The number of carbonyl (C=O) groups excluding carboxylic acids is 1. The molecule has 0 saturated carbocycles. The summed E-state index contributed by atoms with van der Waals surface area (Å²) in [4.78, 5) is 11.8. The second-order valence-corrected chi connectivity index (χ2v) is 4.31. The van der Waals surface area contributed by atoms with Gasteiger partial charge in [-0.15, -0.1) is 0 Å². The van der Waals surface area contributed by atoms with Gasteiger partial charge in [-0.05, 0) is 13.0 Å². The van der Waals surface area contributed by atoms with Gasteiger partial charge in [0.05, 0.1) is 19.1 Å². The van der Waals surface area contributed by atoms with Crippen LogP contribution in [0.4, 0.5) is 5.69 Å². The number of methoxy groups -OCH3 is 1. The monoisotopic (exact) mass is 245 g/mol. The van der Waals surface area contributed by atoms with E-state index in [2.05, 4.69) is 16.7 Å². The van der Waals surface area contributed by atoms with E-state index in [4.69, 9.17) is 10.00 Å². The largest absolute Gasteiger partial charge is 0.497 e. The molecule has 2 unspecified atom stereocenters. The van der Waals surface area contributed by atoms with Crippen LogP contribution in [0.25, 0.3) is 0 Å². The van der Waals surface area contributed by atoms with Gasteiger partial charge >= 0.3 is 0 Å². The van der Waals surface area contributed by atoms with E-state index in [1.165, 1.54) is 0 Å². The molecule has 2 N–H and O–H groups in total. The van der Waals surface area contributed by atoms with Crippen molar-refractivity contribution >= 4 is 11.6 Å². The van der Waals surface area contributed by atoms with E-state index in [9.17, 15) is 4.79 Å². The van der Waals surface area contributed by atoms with E-state index < -0.39 is 0 Å². The Morgan fingerprint density at radius 1 is 1.61 bits per heavy atom. The lowest BCUT2D eigenvalue weighted by molar-refractivity contribution is -0.117. The number of nitrogens with zero attached hydrogens (tertiary/aromatic N) is 1. The van der Waals surface area contributed by atoms with Gasteiger partial charge in [0.25, 0.3) is 0 Å². The van der Waals surface area contributed by atoms with Crippen molar-refractivity contribution in [1.82, 2.24) is 5.32 Å². The van der Waals surface area contributed by atoms with Gasteiger partial charge in [0.2, 0.25) is 5.91 Å². The first-order valence-corrected chi connectivity index (χ1v) is 5.77. The lowest BCUT2D eigenvalue weighted by atomic mass is 10.1. The normalized spacial score (nSPS) is 18.7. The van der Waals surface area contributed by atoms with E-state index in [1.807, 2.05) is 19.1 Å². The first kappa shape index (κ1) is 12.4. The summed E-state index contributed by atoms with van der Waals surface area (Å²) >= 11 is 0. The number of hydrogen-bond donors (Lipinski definition) is 2. The lowest BCUT2D eigenvalue weighted by Crippen LogP contribution is -2.30. The first-order valence-electron chi connectivity index (χ1n) is 5.77. The third-order valence-corrected chi connectivity index (χ3v) is 2.94. The highest BCUT2D eigenvalue weighted by Gasteiger charge is 2.30. The Labute approximate surface area is 106 Å². The van der Waals surface area contributed by atoms with Crippen LogP contribution >= 0.6 is 0 Å². The molecule has 1 aromatic carbocycles. The van der Waals surface area contributed by atoms with Gasteiger partial charge in [0.15, 0.2) is 0 Å². The molecule has 5 nitrogen and oxygen atoms in total. The Hall–Kier alpha value is -2.06. The zero-order valence-electron chi connectivity index (χ0n) is 10.4. The highest BCUT2D eigenvalue weighted by molar-refractivity contribution is 6.02. The SMILES string of the molecule is COc1ccc2c(c1)NC(=O)C2NCC(C)C#N. The fourth-order valence-corrected chi connectivity index (χ4v) is 1.91. The van der Waals surface area contributed by atoms with Crippen molar-refractivity contribution in [3.05, 3.63) is 23.8 Å². The van der Waals surface area contributed by atoms with Crippen molar-refractivity contribution in [2.45, 2.75) is 13.0 Å².